The van der Waals surface area contributed by atoms with E-state index in [1.807, 2.05) is 36.4 Å². The zero-order chi connectivity index (χ0) is 23.5. The van der Waals surface area contributed by atoms with Crippen LogP contribution in [0.4, 0.5) is 15.8 Å². The third-order valence-electron chi connectivity index (χ3n) is 5.69. The summed E-state index contributed by atoms with van der Waals surface area (Å²) < 4.78 is 25.7. The quantitative estimate of drug-likeness (QED) is 0.369. The molecular weight excluding hydrogens is 435 g/mol. The number of aromatic nitrogens is 2. The zero-order valence-electron chi connectivity index (χ0n) is 18.5. The second kappa shape index (κ2) is 9.27. The van der Waals surface area contributed by atoms with Crippen LogP contribution in [-0.4, -0.2) is 29.5 Å². The molecule has 5 rings (SSSR count). The molecule has 3 N–H and O–H groups in total. The molecule has 0 fully saturated rings. The third kappa shape index (κ3) is 4.05. The van der Waals surface area contributed by atoms with Crippen LogP contribution in [0.2, 0.25) is 0 Å². The summed E-state index contributed by atoms with van der Waals surface area (Å²) >= 11 is 0. The highest BCUT2D eigenvalue weighted by Gasteiger charge is 2.28. The van der Waals surface area contributed by atoms with E-state index in [0.29, 0.717) is 48.0 Å². The predicted molar refractivity (Wildman–Crippen MR) is 127 cm³/mol. The maximum Gasteiger partial charge on any atom is 0.255 e. The number of nitrogens with one attached hydrogen (secondary N) is 3. The van der Waals surface area contributed by atoms with E-state index in [-0.39, 0.29) is 11.7 Å². The first-order valence-electron chi connectivity index (χ1n) is 10.9. The Morgan fingerprint density at radius 1 is 1.12 bits per heavy atom. The lowest BCUT2D eigenvalue weighted by Crippen LogP contribution is -2.31. The maximum atomic E-state index is 14.4. The number of aromatic amines is 1. The van der Waals surface area contributed by atoms with E-state index in [9.17, 15) is 9.18 Å². The van der Waals surface area contributed by atoms with E-state index in [1.165, 1.54) is 13.2 Å². The topological polar surface area (TPSA) is 88.3 Å². The molecule has 1 aliphatic heterocycles. The van der Waals surface area contributed by atoms with Crippen molar-refractivity contribution < 1.29 is 18.7 Å². The molecule has 1 aliphatic rings. The summed E-state index contributed by atoms with van der Waals surface area (Å²) in [6, 6.07) is 16.3. The van der Waals surface area contributed by atoms with Gasteiger partial charge in [-0.1, -0.05) is 36.4 Å². The fourth-order valence-corrected chi connectivity index (χ4v) is 4.09. The van der Waals surface area contributed by atoms with Gasteiger partial charge in [-0.2, -0.15) is 0 Å². The third-order valence-corrected chi connectivity index (χ3v) is 5.69. The average molecular weight is 458 g/mol. The van der Waals surface area contributed by atoms with Gasteiger partial charge >= 0.3 is 0 Å². The van der Waals surface area contributed by atoms with Crippen LogP contribution in [0.1, 0.15) is 21.6 Å². The number of fused-ring (bicyclic) bond motifs is 1. The van der Waals surface area contributed by atoms with Gasteiger partial charge in [-0.15, -0.1) is 0 Å². The van der Waals surface area contributed by atoms with E-state index >= 15 is 0 Å². The van der Waals surface area contributed by atoms with Crippen LogP contribution in [-0.2, 0) is 13.0 Å². The molecule has 2 aromatic heterocycles. The maximum absolute atomic E-state index is 14.4. The number of pyridine rings is 1. The second-order valence-corrected chi connectivity index (χ2v) is 7.83. The lowest BCUT2D eigenvalue weighted by atomic mass is 10.0. The van der Waals surface area contributed by atoms with Crippen LogP contribution >= 0.6 is 0 Å². The number of nitrogens with zero attached hydrogens (tertiary/aromatic N) is 1. The van der Waals surface area contributed by atoms with Crippen molar-refractivity contribution in [3.8, 4) is 22.8 Å². The molecule has 7 nitrogen and oxygen atoms in total. The zero-order valence-corrected chi connectivity index (χ0v) is 18.5. The van der Waals surface area contributed by atoms with E-state index in [0.717, 1.165) is 16.8 Å². The number of carbonyl (C=O) groups is 1. The van der Waals surface area contributed by atoms with E-state index < -0.39 is 5.82 Å². The molecule has 172 valence electrons. The first-order chi connectivity index (χ1) is 16.7. The number of hydrogen-bond acceptors (Lipinski definition) is 5. The van der Waals surface area contributed by atoms with Gasteiger partial charge in [-0.25, -0.2) is 4.39 Å². The molecule has 4 aromatic rings. The van der Waals surface area contributed by atoms with Gasteiger partial charge in [0.05, 0.1) is 35.9 Å². The van der Waals surface area contributed by atoms with Crippen LogP contribution in [0.15, 0.2) is 67.0 Å². The van der Waals surface area contributed by atoms with E-state index in [4.69, 9.17) is 9.47 Å². The molecule has 3 heterocycles. The Morgan fingerprint density at radius 2 is 1.97 bits per heavy atom. The van der Waals surface area contributed by atoms with Crippen molar-refractivity contribution in [1.82, 2.24) is 15.3 Å². The average Bonchev–Trinajstić information content (AvgIpc) is 3.23. The predicted octanol–water partition coefficient (Wildman–Crippen LogP) is 4.83. The molecule has 2 aromatic carbocycles. The lowest BCUT2D eigenvalue weighted by molar-refractivity contribution is 0.0947. The Hall–Kier alpha value is -4.33. The van der Waals surface area contributed by atoms with Gasteiger partial charge in [0.25, 0.3) is 5.91 Å². The van der Waals surface area contributed by atoms with Crippen LogP contribution in [0.5, 0.6) is 11.5 Å². The fraction of sp³-hybridized carbons (Fsp3) is 0.154. The first-order valence-corrected chi connectivity index (χ1v) is 10.9. The summed E-state index contributed by atoms with van der Waals surface area (Å²) in [7, 11) is 1.40. The highest BCUT2D eigenvalue weighted by atomic mass is 19.1. The fourth-order valence-electron chi connectivity index (χ4n) is 4.09. The van der Waals surface area contributed by atoms with Gasteiger partial charge in [0, 0.05) is 30.4 Å². The molecule has 1 amide bonds. The van der Waals surface area contributed by atoms with Crippen LogP contribution < -0.4 is 20.1 Å². The standard InChI is InChI=1S/C26H23FN4O3/c1-33-25-18(27)8-5-9-20(25)31-24-22-19(11-13-29-26(22)32)30-23(24)17-10-12-28-14-21(17)34-15-16-6-3-2-4-7-16/h2-10,12,14,30-31H,11,13,15H2,1H3,(H,29,32). The largest absolute Gasteiger partial charge is 0.492 e. The number of carbonyl (C=O) groups excluding carboxylic acids is 1. The molecule has 0 atom stereocenters. The highest BCUT2D eigenvalue weighted by Crippen LogP contribution is 2.42. The van der Waals surface area contributed by atoms with Gasteiger partial charge in [-0.05, 0) is 23.8 Å². The van der Waals surface area contributed by atoms with Gasteiger partial charge in [0.2, 0.25) is 0 Å². The van der Waals surface area contributed by atoms with Crippen molar-refractivity contribution in [2.24, 2.45) is 0 Å². The van der Waals surface area contributed by atoms with Crippen LogP contribution in [0, 0.1) is 5.82 Å². The summed E-state index contributed by atoms with van der Waals surface area (Å²) in [5.41, 5.74) is 4.60. The molecule has 0 radical (unpaired) electrons. The number of rotatable bonds is 7. The van der Waals surface area contributed by atoms with Gasteiger partial charge in [-0.3, -0.25) is 9.78 Å². The first kappa shape index (κ1) is 21.5. The minimum absolute atomic E-state index is 0.0647. The summed E-state index contributed by atoms with van der Waals surface area (Å²) in [5.74, 6) is -0.0874. The van der Waals surface area contributed by atoms with Crippen molar-refractivity contribution in [1.29, 1.82) is 0 Å². The van der Waals surface area contributed by atoms with Gasteiger partial charge in [0.1, 0.15) is 12.4 Å². The Labute approximate surface area is 196 Å². The number of H-pyrrole nitrogens is 1. The molecule has 0 spiro atoms. The summed E-state index contributed by atoms with van der Waals surface area (Å²) in [5, 5.41) is 6.12. The van der Waals surface area contributed by atoms with Gasteiger partial charge < -0.3 is 25.1 Å². The SMILES string of the molecule is COc1c(F)cccc1Nc1c(-c2ccncc2OCc2ccccc2)[nH]c2c1C(=O)NCC2. The molecule has 0 saturated carbocycles. The number of ether oxygens (including phenoxy) is 2. The molecule has 34 heavy (non-hydrogen) atoms. The molecule has 8 heteroatoms. The Morgan fingerprint density at radius 3 is 2.79 bits per heavy atom. The minimum Gasteiger partial charge on any atom is -0.492 e. The molecule has 0 aliphatic carbocycles. The highest BCUT2D eigenvalue weighted by molar-refractivity contribution is 6.06. The second-order valence-electron chi connectivity index (χ2n) is 7.83. The van der Waals surface area contributed by atoms with E-state index in [2.05, 4.69) is 20.6 Å². The smallest absolute Gasteiger partial charge is 0.255 e. The van der Waals surface area contributed by atoms with Crippen molar-refractivity contribution in [3.63, 3.8) is 0 Å². The number of methoxy groups -OCH3 is 1. The van der Waals surface area contributed by atoms with Crippen molar-refractivity contribution in [2.75, 3.05) is 19.0 Å². The van der Waals surface area contributed by atoms with Crippen molar-refractivity contribution >= 4 is 17.3 Å². The van der Waals surface area contributed by atoms with Crippen molar-refractivity contribution in [3.05, 3.63) is 89.6 Å². The number of amides is 1. The molecular formula is C26H23FN4O3. The number of para-hydroxylation sites is 1. The minimum atomic E-state index is -0.501. The number of hydrogen-bond donors (Lipinski definition) is 3. The Kier molecular flexibility index (Phi) is 5.86. The molecule has 0 saturated heterocycles. The number of benzene rings is 2. The lowest BCUT2D eigenvalue weighted by Gasteiger charge is -2.17. The summed E-state index contributed by atoms with van der Waals surface area (Å²) in [4.78, 5) is 20.5. The normalized spacial score (nSPS) is 12.6. The molecule has 0 bridgehead atoms. The molecule has 0 unspecified atom stereocenters. The number of anilines is 2. The van der Waals surface area contributed by atoms with Crippen molar-refractivity contribution in [2.45, 2.75) is 13.0 Å². The Bertz CT molecular complexity index is 1340. The Balaban J connectivity index is 1.59. The van der Waals surface area contributed by atoms with Crippen LogP contribution in [0.3, 0.4) is 0 Å². The van der Waals surface area contributed by atoms with E-state index in [1.54, 1.807) is 24.5 Å². The van der Waals surface area contributed by atoms with Gasteiger partial charge in [0.15, 0.2) is 11.6 Å². The number of halogens is 1. The summed E-state index contributed by atoms with van der Waals surface area (Å²) in [6.45, 7) is 0.892. The monoisotopic (exact) mass is 458 g/mol. The summed E-state index contributed by atoms with van der Waals surface area (Å²) in [6.07, 6.45) is 3.95. The van der Waals surface area contributed by atoms with Crippen LogP contribution in [0.25, 0.3) is 11.3 Å².